The van der Waals surface area contributed by atoms with Gasteiger partial charge < -0.3 is 14.5 Å². The number of rotatable bonds is 3. The van der Waals surface area contributed by atoms with Gasteiger partial charge in [-0.05, 0) is 30.7 Å². The van der Waals surface area contributed by atoms with Crippen LogP contribution in [-0.4, -0.2) is 59.6 Å². The molecule has 1 fully saturated rings. The molecule has 1 aromatic heterocycles. The Balaban J connectivity index is 1.83. The largest absolute Gasteiger partial charge is 0.450 e. The molecule has 21 heavy (non-hydrogen) atoms. The highest BCUT2D eigenvalue weighted by Crippen LogP contribution is 2.06. The predicted octanol–water partition coefficient (Wildman–Crippen LogP) is 1.40. The topological polar surface area (TPSA) is 62.7 Å². The van der Waals surface area contributed by atoms with Gasteiger partial charge in [0.1, 0.15) is 0 Å². The maximum absolute atomic E-state index is 12.1. The molecule has 2 amide bonds. The van der Waals surface area contributed by atoms with Crippen molar-refractivity contribution in [3.8, 4) is 0 Å². The molecule has 6 nitrogen and oxygen atoms in total. The summed E-state index contributed by atoms with van der Waals surface area (Å²) in [5, 5.41) is 0. The number of hydrogen-bond acceptors (Lipinski definition) is 4. The van der Waals surface area contributed by atoms with Crippen LogP contribution in [0.1, 0.15) is 12.5 Å². The number of pyridine rings is 1. The summed E-state index contributed by atoms with van der Waals surface area (Å²) in [7, 11) is 0. The first-order valence-electron chi connectivity index (χ1n) is 6.99. The molecule has 0 saturated carbocycles. The zero-order valence-electron chi connectivity index (χ0n) is 12.1. The van der Waals surface area contributed by atoms with Gasteiger partial charge in [0.2, 0.25) is 5.91 Å². The monoisotopic (exact) mass is 289 g/mol. The summed E-state index contributed by atoms with van der Waals surface area (Å²) in [6, 6.07) is 3.67. The SMILES string of the molecule is CCOC(=O)N1CCN(C(=O)/C=C/c2ccncc2)CC1. The highest BCUT2D eigenvalue weighted by Gasteiger charge is 2.23. The van der Waals surface area contributed by atoms with Crippen molar-refractivity contribution >= 4 is 18.1 Å². The van der Waals surface area contributed by atoms with Gasteiger partial charge in [0.05, 0.1) is 6.61 Å². The fourth-order valence-electron chi connectivity index (χ4n) is 2.07. The second-order valence-electron chi connectivity index (χ2n) is 4.63. The Morgan fingerprint density at radius 3 is 2.43 bits per heavy atom. The molecular weight excluding hydrogens is 270 g/mol. The molecule has 0 atom stereocenters. The van der Waals surface area contributed by atoms with Gasteiger partial charge in [0.15, 0.2) is 0 Å². The van der Waals surface area contributed by atoms with Crippen LogP contribution in [0, 0.1) is 0 Å². The highest BCUT2D eigenvalue weighted by atomic mass is 16.6. The molecule has 1 saturated heterocycles. The Hall–Kier alpha value is -2.37. The van der Waals surface area contributed by atoms with Gasteiger partial charge in [0, 0.05) is 44.6 Å². The smallest absolute Gasteiger partial charge is 0.409 e. The van der Waals surface area contributed by atoms with E-state index in [9.17, 15) is 9.59 Å². The standard InChI is InChI=1S/C15H19N3O3/c1-2-21-15(20)18-11-9-17(10-12-18)14(19)4-3-13-5-7-16-8-6-13/h3-8H,2,9-12H2,1H3/b4-3+. The second kappa shape index (κ2) is 7.42. The van der Waals surface area contributed by atoms with Gasteiger partial charge >= 0.3 is 6.09 Å². The lowest BCUT2D eigenvalue weighted by atomic mass is 10.2. The van der Waals surface area contributed by atoms with Crippen LogP contribution in [-0.2, 0) is 9.53 Å². The quantitative estimate of drug-likeness (QED) is 0.789. The number of ether oxygens (including phenoxy) is 1. The van der Waals surface area contributed by atoms with Crippen molar-refractivity contribution in [1.29, 1.82) is 0 Å². The van der Waals surface area contributed by atoms with Crippen molar-refractivity contribution in [2.75, 3.05) is 32.8 Å². The van der Waals surface area contributed by atoms with Crippen molar-refractivity contribution in [3.63, 3.8) is 0 Å². The maximum atomic E-state index is 12.1. The van der Waals surface area contributed by atoms with Crippen LogP contribution in [0.15, 0.2) is 30.6 Å². The molecule has 2 heterocycles. The van der Waals surface area contributed by atoms with E-state index in [-0.39, 0.29) is 12.0 Å². The fourth-order valence-corrected chi connectivity index (χ4v) is 2.07. The molecule has 6 heteroatoms. The van der Waals surface area contributed by atoms with Crippen LogP contribution in [0.4, 0.5) is 4.79 Å². The van der Waals surface area contributed by atoms with Crippen molar-refractivity contribution < 1.29 is 14.3 Å². The molecule has 2 rings (SSSR count). The molecule has 1 aromatic rings. The van der Waals surface area contributed by atoms with Crippen molar-refractivity contribution in [1.82, 2.24) is 14.8 Å². The van der Waals surface area contributed by atoms with Crippen molar-refractivity contribution in [2.24, 2.45) is 0 Å². The molecule has 0 radical (unpaired) electrons. The van der Waals surface area contributed by atoms with Gasteiger partial charge in [-0.1, -0.05) is 0 Å². The van der Waals surface area contributed by atoms with Crippen LogP contribution in [0.5, 0.6) is 0 Å². The van der Waals surface area contributed by atoms with E-state index in [1.54, 1.807) is 41.3 Å². The van der Waals surface area contributed by atoms with Crippen molar-refractivity contribution in [2.45, 2.75) is 6.92 Å². The average molecular weight is 289 g/mol. The third-order valence-corrected chi connectivity index (χ3v) is 3.24. The summed E-state index contributed by atoms with van der Waals surface area (Å²) in [5.41, 5.74) is 0.934. The lowest BCUT2D eigenvalue weighted by Gasteiger charge is -2.33. The number of carbonyl (C=O) groups is 2. The Labute approximate surface area is 124 Å². The van der Waals surface area contributed by atoms with Gasteiger partial charge in [0.25, 0.3) is 0 Å². The lowest BCUT2D eigenvalue weighted by molar-refractivity contribution is -0.127. The minimum atomic E-state index is -0.308. The number of aromatic nitrogens is 1. The van der Waals surface area contributed by atoms with Gasteiger partial charge in [-0.15, -0.1) is 0 Å². The fraction of sp³-hybridized carbons (Fsp3) is 0.400. The van der Waals surface area contributed by atoms with Gasteiger partial charge in [-0.25, -0.2) is 4.79 Å². The lowest BCUT2D eigenvalue weighted by Crippen LogP contribution is -2.50. The Morgan fingerprint density at radius 1 is 1.19 bits per heavy atom. The van der Waals surface area contributed by atoms with Crippen molar-refractivity contribution in [3.05, 3.63) is 36.2 Å². The van der Waals surface area contributed by atoms with E-state index in [2.05, 4.69) is 4.98 Å². The number of hydrogen-bond donors (Lipinski definition) is 0. The van der Waals surface area contributed by atoms with E-state index in [4.69, 9.17) is 4.74 Å². The predicted molar refractivity (Wildman–Crippen MR) is 78.4 cm³/mol. The maximum Gasteiger partial charge on any atom is 0.409 e. The first kappa shape index (κ1) is 15.0. The second-order valence-corrected chi connectivity index (χ2v) is 4.63. The Bertz CT molecular complexity index is 508. The molecule has 0 aromatic carbocycles. The average Bonchev–Trinajstić information content (AvgIpc) is 2.54. The van der Waals surface area contributed by atoms with Gasteiger partial charge in [-0.2, -0.15) is 0 Å². The normalized spacial score (nSPS) is 15.3. The molecule has 112 valence electrons. The zero-order valence-corrected chi connectivity index (χ0v) is 12.1. The van der Waals surface area contributed by atoms with Gasteiger partial charge in [-0.3, -0.25) is 9.78 Å². The molecule has 0 bridgehead atoms. The Kier molecular flexibility index (Phi) is 5.31. The Morgan fingerprint density at radius 2 is 1.81 bits per heavy atom. The summed E-state index contributed by atoms with van der Waals surface area (Å²) in [5.74, 6) is -0.0460. The van der Waals surface area contributed by atoms with E-state index in [1.165, 1.54) is 0 Å². The summed E-state index contributed by atoms with van der Waals surface area (Å²) < 4.78 is 4.95. The van der Waals surface area contributed by atoms with Crippen LogP contribution in [0.2, 0.25) is 0 Å². The minimum Gasteiger partial charge on any atom is -0.450 e. The zero-order chi connectivity index (χ0) is 15.1. The number of amides is 2. The number of nitrogens with zero attached hydrogens (tertiary/aromatic N) is 3. The summed E-state index contributed by atoms with van der Waals surface area (Å²) in [6.07, 6.45) is 6.37. The van der Waals surface area contributed by atoms with E-state index < -0.39 is 0 Å². The molecule has 0 aliphatic carbocycles. The molecule has 0 unspecified atom stereocenters. The first-order chi connectivity index (χ1) is 10.2. The molecule has 1 aliphatic heterocycles. The summed E-state index contributed by atoms with van der Waals surface area (Å²) in [6.45, 7) is 4.21. The molecule has 0 spiro atoms. The van der Waals surface area contributed by atoms with Crippen LogP contribution in [0.25, 0.3) is 6.08 Å². The van der Waals surface area contributed by atoms with Crippen LogP contribution >= 0.6 is 0 Å². The number of piperazine rings is 1. The highest BCUT2D eigenvalue weighted by molar-refractivity contribution is 5.91. The van der Waals surface area contributed by atoms with E-state index in [0.717, 1.165) is 5.56 Å². The minimum absolute atomic E-state index is 0.0460. The molecular formula is C15H19N3O3. The summed E-state index contributed by atoms with van der Waals surface area (Å²) >= 11 is 0. The summed E-state index contributed by atoms with van der Waals surface area (Å²) in [4.78, 5) is 30.9. The van der Waals surface area contributed by atoms with E-state index in [0.29, 0.717) is 32.8 Å². The molecule has 1 aliphatic rings. The third kappa shape index (κ3) is 4.30. The number of carbonyl (C=O) groups excluding carboxylic acids is 2. The van der Waals surface area contributed by atoms with E-state index >= 15 is 0 Å². The third-order valence-electron chi connectivity index (χ3n) is 3.24. The van der Waals surface area contributed by atoms with Crippen LogP contribution in [0.3, 0.4) is 0 Å². The van der Waals surface area contributed by atoms with Crippen LogP contribution < -0.4 is 0 Å². The molecule has 0 N–H and O–H groups in total. The first-order valence-corrected chi connectivity index (χ1v) is 6.99. The van der Waals surface area contributed by atoms with E-state index in [1.807, 2.05) is 12.1 Å².